The molecule has 12 heteroatoms. The molecule has 0 saturated carbocycles. The van der Waals surface area contributed by atoms with E-state index in [-0.39, 0.29) is 10.9 Å². The molecule has 1 aliphatic heterocycles. The number of halogens is 1. The average Bonchev–Trinajstić information content (AvgIpc) is 3.22. The van der Waals surface area contributed by atoms with Crippen molar-refractivity contribution in [3.63, 3.8) is 0 Å². The largest absolute Gasteiger partial charge is 0.548 e. The molecule has 1 aromatic heterocycles. The van der Waals surface area contributed by atoms with E-state index in [9.17, 15) is 18.3 Å². The number of sulfonamides is 1. The van der Waals surface area contributed by atoms with Crippen molar-refractivity contribution in [1.29, 1.82) is 0 Å². The highest BCUT2D eigenvalue weighted by molar-refractivity contribution is 7.89. The normalized spacial score (nSPS) is 16.7. The molecule has 2 heterocycles. The molecule has 3 aromatic rings. The molecule has 2 N–H and O–H groups in total. The Bertz CT molecular complexity index is 1260. The van der Waals surface area contributed by atoms with Gasteiger partial charge in [0.25, 0.3) is 0 Å². The first-order valence-electron chi connectivity index (χ1n) is 9.10. The Balaban J connectivity index is 1.65. The van der Waals surface area contributed by atoms with Crippen molar-refractivity contribution in [2.75, 3.05) is 5.32 Å². The van der Waals surface area contributed by atoms with Gasteiger partial charge >= 0.3 is 0 Å². The number of nitrogens with one attached hydrogen (secondary N) is 2. The number of carboxylic acids is 1. The molecule has 0 saturated heterocycles. The van der Waals surface area contributed by atoms with Crippen LogP contribution in [0.2, 0.25) is 5.02 Å². The first kappa shape index (κ1) is 21.0. The molecule has 4 rings (SSSR count). The maximum absolute atomic E-state index is 12.4. The highest BCUT2D eigenvalue weighted by Gasteiger charge is 2.25. The van der Waals surface area contributed by atoms with Gasteiger partial charge in [0.1, 0.15) is 6.04 Å². The minimum absolute atomic E-state index is 0.0696. The third-order valence-electron chi connectivity index (χ3n) is 4.70. The van der Waals surface area contributed by atoms with Gasteiger partial charge in [-0.05, 0) is 58.8 Å². The highest BCUT2D eigenvalue weighted by atomic mass is 35.5. The third kappa shape index (κ3) is 4.29. The summed E-state index contributed by atoms with van der Waals surface area (Å²) in [6.07, 6.45) is 1.91. The summed E-state index contributed by atoms with van der Waals surface area (Å²) < 4.78 is 28.4. The molecule has 1 aliphatic rings. The van der Waals surface area contributed by atoms with Gasteiger partial charge in [-0.1, -0.05) is 41.0 Å². The van der Waals surface area contributed by atoms with Gasteiger partial charge < -0.3 is 15.2 Å². The lowest BCUT2D eigenvalue weighted by atomic mass is 10.0. The zero-order chi connectivity index (χ0) is 22.2. The molecule has 0 spiro atoms. The first-order chi connectivity index (χ1) is 14.7. The summed E-state index contributed by atoms with van der Waals surface area (Å²) in [5, 5.41) is 26.3. The Morgan fingerprint density at radius 3 is 2.52 bits per heavy atom. The second-order valence-electron chi connectivity index (χ2n) is 6.84. The number of carbonyl (C=O) groups is 1. The Morgan fingerprint density at radius 2 is 1.87 bits per heavy atom. The molecule has 31 heavy (non-hydrogen) atoms. The fourth-order valence-electron chi connectivity index (χ4n) is 3.08. The van der Waals surface area contributed by atoms with Crippen LogP contribution in [-0.4, -0.2) is 40.6 Å². The minimum Gasteiger partial charge on any atom is -0.548 e. The molecular formula is C19H16ClN6O4S-. The van der Waals surface area contributed by atoms with Crippen LogP contribution in [0.3, 0.4) is 0 Å². The van der Waals surface area contributed by atoms with Crippen LogP contribution in [0.15, 0.2) is 59.5 Å². The maximum atomic E-state index is 12.4. The number of allylic oxidation sites excluding steroid dienone is 1. The molecule has 0 aliphatic carbocycles. The second-order valence-corrected chi connectivity index (χ2v) is 8.99. The number of tetrazole rings is 1. The van der Waals surface area contributed by atoms with Crippen LogP contribution >= 0.6 is 11.6 Å². The Labute approximate surface area is 182 Å². The first-order valence-corrected chi connectivity index (χ1v) is 11.0. The molecule has 0 unspecified atom stereocenters. The lowest BCUT2D eigenvalue weighted by Crippen LogP contribution is -2.45. The van der Waals surface area contributed by atoms with E-state index in [1.165, 1.54) is 19.1 Å². The topological polar surface area (TPSA) is 142 Å². The summed E-state index contributed by atoms with van der Waals surface area (Å²) in [5.41, 5.74) is 2.29. The number of hydrogen-bond acceptors (Lipinski definition) is 8. The van der Waals surface area contributed by atoms with E-state index >= 15 is 0 Å². The zero-order valence-corrected chi connectivity index (χ0v) is 17.6. The van der Waals surface area contributed by atoms with Crippen molar-refractivity contribution in [2.45, 2.75) is 23.9 Å². The Hall–Kier alpha value is -3.28. The van der Waals surface area contributed by atoms with Crippen LogP contribution in [0.25, 0.3) is 5.70 Å². The number of anilines is 1. The van der Waals surface area contributed by atoms with E-state index in [1.54, 1.807) is 28.9 Å². The van der Waals surface area contributed by atoms with Gasteiger partial charge in [0.05, 0.1) is 16.9 Å². The van der Waals surface area contributed by atoms with Crippen LogP contribution in [-0.2, 0) is 14.8 Å². The molecule has 0 bridgehead atoms. The van der Waals surface area contributed by atoms with Crippen LogP contribution in [0.5, 0.6) is 0 Å². The van der Waals surface area contributed by atoms with E-state index in [2.05, 4.69) is 25.6 Å². The highest BCUT2D eigenvalue weighted by Crippen LogP contribution is 2.32. The van der Waals surface area contributed by atoms with Crippen molar-refractivity contribution < 1.29 is 18.3 Å². The second kappa shape index (κ2) is 8.10. The number of benzene rings is 2. The number of fused-ring (bicyclic) bond motifs is 1. The minimum atomic E-state index is -4.01. The molecule has 0 fully saturated rings. The number of rotatable bonds is 6. The van der Waals surface area contributed by atoms with Gasteiger partial charge in [-0.15, -0.1) is 0 Å². The van der Waals surface area contributed by atoms with E-state index in [0.29, 0.717) is 22.2 Å². The Kier molecular flexibility index (Phi) is 5.48. The molecule has 160 valence electrons. The Morgan fingerprint density at radius 1 is 1.19 bits per heavy atom. The lowest BCUT2D eigenvalue weighted by Gasteiger charge is -2.23. The summed E-state index contributed by atoms with van der Waals surface area (Å²) in [6, 6.07) is 11.6. The van der Waals surface area contributed by atoms with E-state index in [1.807, 2.05) is 18.2 Å². The van der Waals surface area contributed by atoms with Crippen LogP contribution < -0.4 is 15.1 Å². The van der Waals surface area contributed by atoms with Crippen molar-refractivity contribution in [3.05, 3.63) is 70.8 Å². The summed E-state index contributed by atoms with van der Waals surface area (Å²) in [6.45, 7) is 1.19. The number of nitrogens with zero attached hydrogens (tertiary/aromatic N) is 4. The molecule has 2 atom stereocenters. The molecule has 10 nitrogen and oxygen atoms in total. The average molecular weight is 460 g/mol. The van der Waals surface area contributed by atoms with Gasteiger partial charge in [0, 0.05) is 10.7 Å². The number of aliphatic carboxylic acids is 1. The standard InChI is InChI=1S/C19H17ClN6O4S/c1-11(18(27)28)23-31(29,30)15-8-4-12(5-9-15)16-10-17(13-2-6-14(20)7-3-13)26-19(21-16)22-24-25-26/h2-11,17,23H,1H3,(H,27,28)(H,21,22,25)/p-1/t11-,17-/m1/s1. The quantitative estimate of drug-likeness (QED) is 0.551. The van der Waals surface area contributed by atoms with Crippen molar-refractivity contribution in [3.8, 4) is 0 Å². The summed E-state index contributed by atoms with van der Waals surface area (Å²) in [5.74, 6) is -1.08. The van der Waals surface area contributed by atoms with Crippen molar-refractivity contribution in [2.24, 2.45) is 0 Å². The monoisotopic (exact) mass is 459 g/mol. The summed E-state index contributed by atoms with van der Waals surface area (Å²) in [7, 11) is -4.01. The molecular weight excluding hydrogens is 444 g/mol. The van der Waals surface area contributed by atoms with Crippen LogP contribution in [0.1, 0.15) is 24.1 Å². The number of aromatic nitrogens is 4. The third-order valence-corrected chi connectivity index (χ3v) is 6.51. The van der Waals surface area contributed by atoms with Gasteiger partial charge in [-0.3, -0.25) is 0 Å². The fraction of sp³-hybridized carbons (Fsp3) is 0.158. The van der Waals surface area contributed by atoms with Gasteiger partial charge in [-0.25, -0.2) is 13.1 Å². The van der Waals surface area contributed by atoms with E-state index < -0.39 is 22.0 Å². The molecule has 2 aromatic carbocycles. The van der Waals surface area contributed by atoms with Crippen LogP contribution in [0.4, 0.5) is 5.95 Å². The van der Waals surface area contributed by atoms with Gasteiger partial charge in [0.15, 0.2) is 0 Å². The maximum Gasteiger partial charge on any atom is 0.248 e. The van der Waals surface area contributed by atoms with Crippen LogP contribution in [0, 0.1) is 0 Å². The number of carbonyl (C=O) groups excluding carboxylic acids is 1. The number of carboxylic acid groups (broad SMARTS) is 1. The van der Waals surface area contributed by atoms with E-state index in [4.69, 9.17) is 11.6 Å². The number of hydrogen-bond donors (Lipinski definition) is 2. The SMILES string of the molecule is C[C@@H](NS(=O)(=O)c1ccc(C2=C[C@H](c3ccc(Cl)cc3)n3nnnc3N2)cc1)C(=O)[O-]. The summed E-state index contributed by atoms with van der Waals surface area (Å²) in [4.78, 5) is 10.8. The predicted molar refractivity (Wildman–Crippen MR) is 110 cm³/mol. The van der Waals surface area contributed by atoms with Gasteiger partial charge in [-0.2, -0.15) is 4.68 Å². The van der Waals surface area contributed by atoms with Crippen molar-refractivity contribution >= 4 is 39.2 Å². The zero-order valence-electron chi connectivity index (χ0n) is 16.1. The molecule has 0 amide bonds. The fourth-order valence-corrected chi connectivity index (χ4v) is 4.40. The van der Waals surface area contributed by atoms with E-state index in [0.717, 1.165) is 5.56 Å². The summed E-state index contributed by atoms with van der Waals surface area (Å²) >= 11 is 5.99. The molecule has 0 radical (unpaired) electrons. The van der Waals surface area contributed by atoms with Crippen molar-refractivity contribution in [1.82, 2.24) is 24.9 Å². The lowest BCUT2D eigenvalue weighted by molar-refractivity contribution is -0.307. The smallest absolute Gasteiger partial charge is 0.248 e. The predicted octanol–water partition coefficient (Wildman–Crippen LogP) is 0.799. The van der Waals surface area contributed by atoms with Gasteiger partial charge in [0.2, 0.25) is 16.0 Å².